The molecular formula is C8H5F4NO4. The second kappa shape index (κ2) is 4.44. The molecule has 0 spiro atoms. The van der Waals surface area contributed by atoms with Crippen molar-refractivity contribution in [3.05, 3.63) is 27.7 Å². The van der Waals surface area contributed by atoms with Crippen LogP contribution >= 0.6 is 0 Å². The highest BCUT2D eigenvalue weighted by molar-refractivity contribution is 5.88. The van der Waals surface area contributed by atoms with E-state index in [1.165, 1.54) is 0 Å². The molecule has 0 aliphatic heterocycles. The molecule has 17 heavy (non-hydrogen) atoms. The van der Waals surface area contributed by atoms with Crippen LogP contribution in [-0.2, 0) is 6.67 Å². The van der Waals surface area contributed by atoms with Crippen molar-refractivity contribution in [1.82, 2.24) is 4.98 Å². The Hall–Kier alpha value is -2.06. The van der Waals surface area contributed by atoms with Crippen LogP contribution < -0.4 is 10.3 Å². The summed E-state index contributed by atoms with van der Waals surface area (Å²) in [4.78, 5) is 23.1. The summed E-state index contributed by atoms with van der Waals surface area (Å²) in [7, 11) is 0. The van der Waals surface area contributed by atoms with Crippen LogP contribution in [0.25, 0.3) is 0 Å². The van der Waals surface area contributed by atoms with Crippen LogP contribution in [0.2, 0.25) is 0 Å². The predicted octanol–water partition coefficient (Wildman–Crippen LogP) is 1.44. The van der Waals surface area contributed by atoms with Crippen molar-refractivity contribution in [3.63, 3.8) is 0 Å². The van der Waals surface area contributed by atoms with E-state index in [-0.39, 0.29) is 0 Å². The number of carboxylic acids is 1. The summed E-state index contributed by atoms with van der Waals surface area (Å²) in [6, 6.07) is 0.399. The fourth-order valence-electron chi connectivity index (χ4n) is 1.01. The molecule has 0 radical (unpaired) electrons. The lowest BCUT2D eigenvalue weighted by molar-refractivity contribution is -0.274. The van der Waals surface area contributed by atoms with E-state index in [9.17, 15) is 27.2 Å². The van der Waals surface area contributed by atoms with Crippen LogP contribution in [0.1, 0.15) is 16.1 Å². The number of aromatic carboxylic acids is 1. The maximum Gasteiger partial charge on any atom is 0.573 e. The number of H-pyrrole nitrogens is 1. The number of ether oxygens (including phenoxy) is 1. The SMILES string of the molecule is O=C(O)c1[nH]c(=O)c(CF)cc1OC(F)(F)F. The first-order chi connectivity index (χ1) is 7.74. The van der Waals surface area contributed by atoms with E-state index in [4.69, 9.17) is 5.11 Å². The Morgan fingerprint density at radius 1 is 1.47 bits per heavy atom. The lowest BCUT2D eigenvalue weighted by Crippen LogP contribution is -2.23. The van der Waals surface area contributed by atoms with Gasteiger partial charge in [0.25, 0.3) is 5.56 Å². The molecule has 0 unspecified atom stereocenters. The van der Waals surface area contributed by atoms with Crippen LogP contribution in [0.3, 0.4) is 0 Å². The zero-order chi connectivity index (χ0) is 13.2. The minimum Gasteiger partial charge on any atom is -0.476 e. The normalized spacial score (nSPS) is 11.3. The molecule has 5 nitrogen and oxygen atoms in total. The fraction of sp³-hybridized carbons (Fsp3) is 0.250. The molecule has 0 saturated carbocycles. The summed E-state index contributed by atoms with van der Waals surface area (Å²) < 4.78 is 51.4. The number of rotatable bonds is 3. The molecule has 0 atom stereocenters. The molecule has 94 valence electrons. The van der Waals surface area contributed by atoms with Gasteiger partial charge in [-0.1, -0.05) is 0 Å². The van der Waals surface area contributed by atoms with Crippen molar-refractivity contribution in [2.75, 3.05) is 0 Å². The number of halogens is 4. The number of aromatic amines is 1. The molecular weight excluding hydrogens is 250 g/mol. The number of aromatic nitrogens is 1. The Kier molecular flexibility index (Phi) is 3.39. The monoisotopic (exact) mass is 255 g/mol. The molecule has 0 amide bonds. The highest BCUT2D eigenvalue weighted by atomic mass is 19.4. The third-order valence-corrected chi connectivity index (χ3v) is 1.67. The van der Waals surface area contributed by atoms with E-state index in [2.05, 4.69) is 4.74 Å². The summed E-state index contributed by atoms with van der Waals surface area (Å²) in [6.07, 6.45) is -5.14. The van der Waals surface area contributed by atoms with Gasteiger partial charge in [-0.3, -0.25) is 4.79 Å². The second-order valence-electron chi connectivity index (χ2n) is 2.85. The van der Waals surface area contributed by atoms with E-state index in [0.717, 1.165) is 0 Å². The van der Waals surface area contributed by atoms with Gasteiger partial charge in [0.15, 0.2) is 11.4 Å². The van der Waals surface area contributed by atoms with Gasteiger partial charge in [-0.15, -0.1) is 13.2 Å². The summed E-state index contributed by atoms with van der Waals surface area (Å²) in [5.41, 5.74) is -2.88. The molecule has 0 fully saturated rings. The number of carboxylic acid groups (broad SMARTS) is 1. The van der Waals surface area contributed by atoms with Gasteiger partial charge in [0, 0.05) is 0 Å². The van der Waals surface area contributed by atoms with E-state index < -0.39 is 41.6 Å². The van der Waals surface area contributed by atoms with Crippen LogP contribution in [0, 0.1) is 0 Å². The summed E-state index contributed by atoms with van der Waals surface area (Å²) >= 11 is 0. The largest absolute Gasteiger partial charge is 0.573 e. The number of hydrogen-bond donors (Lipinski definition) is 2. The number of hydrogen-bond acceptors (Lipinski definition) is 3. The number of nitrogens with one attached hydrogen (secondary N) is 1. The Balaban J connectivity index is 3.34. The highest BCUT2D eigenvalue weighted by Crippen LogP contribution is 2.25. The van der Waals surface area contributed by atoms with Crippen LogP contribution in [-0.4, -0.2) is 22.4 Å². The topological polar surface area (TPSA) is 79.4 Å². The van der Waals surface area contributed by atoms with Crippen LogP contribution in [0.5, 0.6) is 5.75 Å². The van der Waals surface area contributed by atoms with Gasteiger partial charge in [-0.25, -0.2) is 9.18 Å². The van der Waals surface area contributed by atoms with E-state index >= 15 is 0 Å². The van der Waals surface area contributed by atoms with Crippen LogP contribution in [0.15, 0.2) is 10.9 Å². The lowest BCUT2D eigenvalue weighted by atomic mass is 10.2. The zero-order valence-corrected chi connectivity index (χ0v) is 7.97. The van der Waals surface area contributed by atoms with Gasteiger partial charge in [0.1, 0.15) is 6.67 Å². The lowest BCUT2D eigenvalue weighted by Gasteiger charge is -2.11. The Morgan fingerprint density at radius 2 is 2.06 bits per heavy atom. The molecule has 0 bridgehead atoms. The standard InChI is InChI=1S/C8H5F4NO4/c9-2-3-1-4(17-8(10,11)12)5(7(15)16)13-6(3)14/h1H,2H2,(H,13,14)(H,15,16). The zero-order valence-electron chi connectivity index (χ0n) is 7.97. The average molecular weight is 255 g/mol. The van der Waals surface area contributed by atoms with E-state index in [1.54, 1.807) is 4.98 Å². The van der Waals surface area contributed by atoms with Crippen molar-refractivity contribution in [2.24, 2.45) is 0 Å². The first kappa shape index (κ1) is 13.0. The first-order valence-corrected chi connectivity index (χ1v) is 4.06. The molecule has 0 saturated heterocycles. The third-order valence-electron chi connectivity index (χ3n) is 1.67. The van der Waals surface area contributed by atoms with Crippen molar-refractivity contribution >= 4 is 5.97 Å². The maximum absolute atomic E-state index is 12.2. The van der Waals surface area contributed by atoms with Crippen molar-refractivity contribution in [3.8, 4) is 5.75 Å². The van der Waals surface area contributed by atoms with Gasteiger partial charge in [-0.2, -0.15) is 0 Å². The smallest absolute Gasteiger partial charge is 0.476 e. The summed E-state index contributed by atoms with van der Waals surface area (Å²) in [5, 5.41) is 8.54. The van der Waals surface area contributed by atoms with Gasteiger partial charge < -0.3 is 14.8 Å². The number of alkyl halides is 4. The minimum atomic E-state index is -5.14. The Bertz CT molecular complexity index is 493. The number of carbonyl (C=O) groups is 1. The molecule has 1 aromatic rings. The van der Waals surface area contributed by atoms with Crippen LogP contribution in [0.4, 0.5) is 17.6 Å². The highest BCUT2D eigenvalue weighted by Gasteiger charge is 2.33. The van der Waals surface area contributed by atoms with Gasteiger partial charge >= 0.3 is 12.3 Å². The van der Waals surface area contributed by atoms with Crippen molar-refractivity contribution < 1.29 is 32.2 Å². The predicted molar refractivity (Wildman–Crippen MR) is 45.5 cm³/mol. The average Bonchev–Trinajstić information content (AvgIpc) is 2.17. The summed E-state index contributed by atoms with van der Waals surface area (Å²) in [6.45, 7) is -1.34. The Labute approximate surface area is 90.6 Å². The Morgan fingerprint density at radius 3 is 2.47 bits per heavy atom. The minimum absolute atomic E-state index is 0.399. The van der Waals surface area contributed by atoms with Crippen molar-refractivity contribution in [1.29, 1.82) is 0 Å². The molecule has 9 heteroatoms. The fourth-order valence-corrected chi connectivity index (χ4v) is 1.01. The van der Waals surface area contributed by atoms with Gasteiger partial charge in [0.05, 0.1) is 5.56 Å². The molecule has 1 heterocycles. The second-order valence-corrected chi connectivity index (χ2v) is 2.85. The number of pyridine rings is 1. The molecule has 0 aliphatic rings. The molecule has 1 aromatic heterocycles. The van der Waals surface area contributed by atoms with Crippen molar-refractivity contribution in [2.45, 2.75) is 13.0 Å². The van der Waals surface area contributed by atoms with E-state index in [0.29, 0.717) is 6.07 Å². The molecule has 0 aliphatic carbocycles. The van der Waals surface area contributed by atoms with E-state index in [1.807, 2.05) is 0 Å². The molecule has 0 aromatic carbocycles. The first-order valence-electron chi connectivity index (χ1n) is 4.06. The quantitative estimate of drug-likeness (QED) is 0.801. The third kappa shape index (κ3) is 3.20. The van der Waals surface area contributed by atoms with Gasteiger partial charge in [0.2, 0.25) is 0 Å². The molecule has 2 N–H and O–H groups in total. The van der Waals surface area contributed by atoms with Gasteiger partial charge in [-0.05, 0) is 6.07 Å². The maximum atomic E-state index is 12.2. The summed E-state index contributed by atoms with van der Waals surface area (Å²) in [5.74, 6) is -3.00. The molecule has 1 rings (SSSR count).